The van der Waals surface area contributed by atoms with Gasteiger partial charge in [-0.25, -0.2) is 9.59 Å². The Hall–Kier alpha value is -1.85. The quantitative estimate of drug-likeness (QED) is 0.669. The summed E-state index contributed by atoms with van der Waals surface area (Å²) in [5, 5.41) is 13.0. The van der Waals surface area contributed by atoms with Gasteiger partial charge in [0.15, 0.2) is 0 Å². The molecule has 3 N–H and O–H groups in total. The number of carboxylic acid groups (broad SMARTS) is 1. The SMILES string of the molecule is CC1CCC(CNC(=O)NC(=O)C=CC(=O)O)CC1. The zero-order chi connectivity index (χ0) is 14.3. The summed E-state index contributed by atoms with van der Waals surface area (Å²) in [5.41, 5.74) is 0. The topological polar surface area (TPSA) is 95.5 Å². The van der Waals surface area contributed by atoms with E-state index in [1.807, 2.05) is 5.32 Å². The fourth-order valence-electron chi connectivity index (χ4n) is 2.12. The summed E-state index contributed by atoms with van der Waals surface area (Å²) >= 11 is 0. The van der Waals surface area contributed by atoms with Crippen molar-refractivity contribution in [2.75, 3.05) is 6.54 Å². The fraction of sp³-hybridized carbons (Fsp3) is 0.615. The molecule has 0 aromatic heterocycles. The maximum atomic E-state index is 11.4. The van der Waals surface area contributed by atoms with E-state index in [4.69, 9.17) is 5.11 Å². The predicted molar refractivity (Wildman–Crippen MR) is 69.4 cm³/mol. The predicted octanol–water partition coefficient (Wildman–Crippen LogP) is 1.28. The summed E-state index contributed by atoms with van der Waals surface area (Å²) in [4.78, 5) is 32.7. The number of carboxylic acids is 1. The maximum absolute atomic E-state index is 11.4. The molecule has 0 spiro atoms. The molecule has 19 heavy (non-hydrogen) atoms. The Morgan fingerprint density at radius 2 is 1.79 bits per heavy atom. The van der Waals surface area contributed by atoms with Crippen molar-refractivity contribution in [2.45, 2.75) is 32.6 Å². The minimum atomic E-state index is -1.23. The lowest BCUT2D eigenvalue weighted by atomic mass is 9.83. The van der Waals surface area contributed by atoms with E-state index in [2.05, 4.69) is 12.2 Å². The molecule has 0 radical (unpaired) electrons. The number of urea groups is 1. The van der Waals surface area contributed by atoms with Crippen LogP contribution in [0.2, 0.25) is 0 Å². The molecule has 0 bridgehead atoms. The Morgan fingerprint density at radius 3 is 2.37 bits per heavy atom. The molecule has 106 valence electrons. The molecule has 0 saturated heterocycles. The van der Waals surface area contributed by atoms with Crippen LogP contribution >= 0.6 is 0 Å². The minimum absolute atomic E-state index is 0.464. The summed E-state index contributed by atoms with van der Waals surface area (Å²) in [6, 6.07) is -0.585. The molecule has 0 heterocycles. The van der Waals surface area contributed by atoms with Gasteiger partial charge in [-0.15, -0.1) is 0 Å². The molecule has 6 nitrogen and oxygen atoms in total. The third-order valence-corrected chi connectivity index (χ3v) is 3.30. The van der Waals surface area contributed by atoms with E-state index in [-0.39, 0.29) is 0 Å². The number of aliphatic carboxylic acids is 1. The molecule has 0 atom stereocenters. The summed E-state index contributed by atoms with van der Waals surface area (Å²) in [5.74, 6) is -0.747. The number of hydrogen-bond acceptors (Lipinski definition) is 3. The Labute approximate surface area is 112 Å². The van der Waals surface area contributed by atoms with Gasteiger partial charge in [0.05, 0.1) is 0 Å². The van der Waals surface area contributed by atoms with Crippen LogP contribution < -0.4 is 10.6 Å². The van der Waals surface area contributed by atoms with Crippen molar-refractivity contribution in [2.24, 2.45) is 11.8 Å². The van der Waals surface area contributed by atoms with Crippen LogP contribution in [0.4, 0.5) is 4.79 Å². The molecule has 6 heteroatoms. The van der Waals surface area contributed by atoms with Crippen LogP contribution in [0.1, 0.15) is 32.6 Å². The highest BCUT2D eigenvalue weighted by Gasteiger charge is 2.18. The fourth-order valence-corrected chi connectivity index (χ4v) is 2.12. The van der Waals surface area contributed by atoms with Gasteiger partial charge in [-0.05, 0) is 24.7 Å². The van der Waals surface area contributed by atoms with E-state index in [1.54, 1.807) is 0 Å². The molecule has 1 aliphatic carbocycles. The van der Waals surface area contributed by atoms with Crippen molar-refractivity contribution in [1.29, 1.82) is 0 Å². The van der Waals surface area contributed by atoms with Gasteiger partial charge in [0, 0.05) is 18.7 Å². The summed E-state index contributed by atoms with van der Waals surface area (Å²) in [7, 11) is 0. The number of carbonyl (C=O) groups excluding carboxylic acids is 2. The third-order valence-electron chi connectivity index (χ3n) is 3.30. The van der Waals surface area contributed by atoms with Gasteiger partial charge >= 0.3 is 12.0 Å². The van der Waals surface area contributed by atoms with Gasteiger partial charge in [-0.2, -0.15) is 0 Å². The van der Waals surface area contributed by atoms with Gasteiger partial charge < -0.3 is 10.4 Å². The van der Waals surface area contributed by atoms with E-state index in [0.29, 0.717) is 18.5 Å². The molecular formula is C13H20N2O4. The molecule has 1 rings (SSSR count). The lowest BCUT2D eigenvalue weighted by Gasteiger charge is -2.26. The molecule has 0 unspecified atom stereocenters. The molecule has 0 aliphatic heterocycles. The molecule has 3 amide bonds. The van der Waals surface area contributed by atoms with Crippen LogP contribution in [0.5, 0.6) is 0 Å². The van der Waals surface area contributed by atoms with Crippen molar-refractivity contribution in [3.63, 3.8) is 0 Å². The molecule has 1 saturated carbocycles. The number of carbonyl (C=O) groups is 3. The number of nitrogens with one attached hydrogen (secondary N) is 2. The van der Waals surface area contributed by atoms with Gasteiger partial charge in [0.25, 0.3) is 5.91 Å². The van der Waals surface area contributed by atoms with E-state index in [1.165, 1.54) is 12.8 Å². The first-order valence-electron chi connectivity index (χ1n) is 6.47. The van der Waals surface area contributed by atoms with Crippen LogP contribution in [0.25, 0.3) is 0 Å². The van der Waals surface area contributed by atoms with Gasteiger partial charge in [-0.1, -0.05) is 19.8 Å². The molecule has 0 aromatic rings. The summed E-state index contributed by atoms with van der Waals surface area (Å²) in [6.45, 7) is 2.78. The van der Waals surface area contributed by atoms with Crippen molar-refractivity contribution in [3.8, 4) is 0 Å². The number of imide groups is 1. The Kier molecular flexibility index (Phi) is 6.05. The maximum Gasteiger partial charge on any atom is 0.328 e. The zero-order valence-corrected chi connectivity index (χ0v) is 11.0. The second-order valence-corrected chi connectivity index (χ2v) is 5.00. The third kappa shape index (κ3) is 6.59. The van der Waals surface area contributed by atoms with Crippen LogP contribution in [-0.2, 0) is 9.59 Å². The first-order valence-corrected chi connectivity index (χ1v) is 6.47. The average molecular weight is 268 g/mol. The van der Waals surface area contributed by atoms with Crippen molar-refractivity contribution < 1.29 is 19.5 Å². The van der Waals surface area contributed by atoms with Gasteiger partial charge in [0.1, 0.15) is 0 Å². The lowest BCUT2D eigenvalue weighted by Crippen LogP contribution is -2.41. The van der Waals surface area contributed by atoms with Crippen LogP contribution in [0.15, 0.2) is 12.2 Å². The van der Waals surface area contributed by atoms with Crippen LogP contribution in [-0.4, -0.2) is 29.6 Å². The van der Waals surface area contributed by atoms with Gasteiger partial charge in [0.2, 0.25) is 0 Å². The number of amides is 3. The van der Waals surface area contributed by atoms with E-state index in [0.717, 1.165) is 24.8 Å². The zero-order valence-electron chi connectivity index (χ0n) is 11.0. The van der Waals surface area contributed by atoms with Crippen LogP contribution in [0, 0.1) is 11.8 Å². The van der Waals surface area contributed by atoms with E-state index < -0.39 is 17.9 Å². The van der Waals surface area contributed by atoms with E-state index >= 15 is 0 Å². The van der Waals surface area contributed by atoms with Crippen LogP contribution in [0.3, 0.4) is 0 Å². The molecular weight excluding hydrogens is 248 g/mol. The second-order valence-electron chi connectivity index (χ2n) is 5.00. The minimum Gasteiger partial charge on any atom is -0.478 e. The average Bonchev–Trinajstić information content (AvgIpc) is 2.36. The molecule has 1 aliphatic rings. The monoisotopic (exact) mass is 268 g/mol. The Morgan fingerprint density at radius 1 is 1.16 bits per heavy atom. The smallest absolute Gasteiger partial charge is 0.328 e. The molecule has 0 aromatic carbocycles. The summed E-state index contributed by atoms with van der Waals surface area (Å²) < 4.78 is 0. The Balaban J connectivity index is 2.21. The van der Waals surface area contributed by atoms with Crippen molar-refractivity contribution in [1.82, 2.24) is 10.6 Å². The van der Waals surface area contributed by atoms with Gasteiger partial charge in [-0.3, -0.25) is 10.1 Å². The highest BCUT2D eigenvalue weighted by Crippen LogP contribution is 2.27. The number of hydrogen-bond donors (Lipinski definition) is 3. The van der Waals surface area contributed by atoms with Crippen molar-refractivity contribution in [3.05, 3.63) is 12.2 Å². The normalized spacial score (nSPS) is 23.0. The Bertz CT molecular complexity index is 371. The first kappa shape index (κ1) is 15.2. The van der Waals surface area contributed by atoms with Crippen molar-refractivity contribution >= 4 is 17.9 Å². The largest absolute Gasteiger partial charge is 0.478 e. The second kappa shape index (κ2) is 7.56. The lowest BCUT2D eigenvalue weighted by molar-refractivity contribution is -0.131. The number of rotatable bonds is 4. The highest BCUT2D eigenvalue weighted by atomic mass is 16.4. The highest BCUT2D eigenvalue weighted by molar-refractivity contribution is 6.02. The standard InChI is InChI=1S/C13H20N2O4/c1-9-2-4-10(5-3-9)8-14-13(19)15-11(16)6-7-12(17)18/h6-7,9-10H,2-5,8H2,1H3,(H,17,18)(H2,14,15,16,19). The van der Waals surface area contributed by atoms with E-state index in [9.17, 15) is 14.4 Å². The first-order chi connectivity index (χ1) is 8.97. The molecule has 1 fully saturated rings. The summed E-state index contributed by atoms with van der Waals surface area (Å²) in [6.07, 6.45) is 6.03.